The van der Waals surface area contributed by atoms with Crippen LogP contribution in [0.15, 0.2) is 35.2 Å². The number of ether oxygens (including phenoxy) is 1. The summed E-state index contributed by atoms with van der Waals surface area (Å²) in [5.74, 6) is 1.45. The van der Waals surface area contributed by atoms with Gasteiger partial charge in [-0.2, -0.15) is 0 Å². The highest BCUT2D eigenvalue weighted by molar-refractivity contribution is 5.49. The second kappa shape index (κ2) is 5.34. The van der Waals surface area contributed by atoms with Crippen LogP contribution in [0.25, 0.3) is 0 Å². The molecule has 0 fully saturated rings. The van der Waals surface area contributed by atoms with Crippen molar-refractivity contribution in [2.45, 2.75) is 26.5 Å². The minimum absolute atomic E-state index is 0.117. The van der Waals surface area contributed by atoms with Crippen LogP contribution in [0.1, 0.15) is 19.5 Å². The molecule has 5 heteroatoms. The zero-order valence-corrected chi connectivity index (χ0v) is 9.88. The molecule has 17 heavy (non-hydrogen) atoms. The third-order valence-electron chi connectivity index (χ3n) is 2.06. The Kier molecular flexibility index (Phi) is 3.59. The second-order valence-corrected chi connectivity index (χ2v) is 3.86. The summed E-state index contributed by atoms with van der Waals surface area (Å²) >= 11 is 0. The average molecular weight is 233 g/mol. The van der Waals surface area contributed by atoms with Gasteiger partial charge in [-0.15, -0.1) is 0 Å². The highest BCUT2D eigenvalue weighted by atomic mass is 16.5. The Morgan fingerprint density at radius 2 is 2.29 bits per heavy atom. The summed E-state index contributed by atoms with van der Waals surface area (Å²) in [6.45, 7) is 4.52. The van der Waals surface area contributed by atoms with E-state index < -0.39 is 0 Å². The van der Waals surface area contributed by atoms with E-state index in [2.05, 4.69) is 15.5 Å². The van der Waals surface area contributed by atoms with Crippen molar-refractivity contribution in [2.24, 2.45) is 0 Å². The van der Waals surface area contributed by atoms with Crippen molar-refractivity contribution in [3.8, 4) is 5.75 Å². The predicted molar refractivity (Wildman–Crippen MR) is 63.8 cm³/mol. The van der Waals surface area contributed by atoms with Crippen LogP contribution in [-0.2, 0) is 6.54 Å². The molecule has 0 aliphatic carbocycles. The van der Waals surface area contributed by atoms with Gasteiger partial charge in [-0.1, -0.05) is 5.16 Å². The Labute approximate surface area is 99.8 Å². The fourth-order valence-electron chi connectivity index (χ4n) is 1.38. The molecule has 2 aromatic rings. The molecule has 2 heterocycles. The maximum Gasteiger partial charge on any atom is 0.169 e. The summed E-state index contributed by atoms with van der Waals surface area (Å²) in [4.78, 5) is 4.24. The van der Waals surface area contributed by atoms with Gasteiger partial charge in [0.1, 0.15) is 12.0 Å². The zero-order chi connectivity index (χ0) is 12.1. The van der Waals surface area contributed by atoms with Gasteiger partial charge in [0.2, 0.25) is 0 Å². The lowest BCUT2D eigenvalue weighted by molar-refractivity contribution is 0.243. The minimum Gasteiger partial charge on any atom is -0.487 e. The van der Waals surface area contributed by atoms with E-state index in [0.29, 0.717) is 12.4 Å². The first-order valence-corrected chi connectivity index (χ1v) is 5.50. The lowest BCUT2D eigenvalue weighted by Gasteiger charge is -2.13. The Morgan fingerprint density at radius 3 is 3.00 bits per heavy atom. The van der Waals surface area contributed by atoms with Crippen LogP contribution < -0.4 is 10.1 Å². The van der Waals surface area contributed by atoms with Gasteiger partial charge in [-0.25, -0.2) is 4.98 Å². The molecule has 5 nitrogen and oxygen atoms in total. The molecule has 2 aromatic heterocycles. The van der Waals surface area contributed by atoms with E-state index in [-0.39, 0.29) is 6.10 Å². The molecule has 0 aromatic carbocycles. The van der Waals surface area contributed by atoms with Crippen LogP contribution in [0.5, 0.6) is 5.75 Å². The Hall–Kier alpha value is -2.04. The van der Waals surface area contributed by atoms with E-state index in [1.165, 1.54) is 0 Å². The quantitative estimate of drug-likeness (QED) is 0.859. The summed E-state index contributed by atoms with van der Waals surface area (Å²) in [5, 5.41) is 6.98. The van der Waals surface area contributed by atoms with Crippen LogP contribution in [0, 0.1) is 0 Å². The molecule has 90 valence electrons. The fraction of sp³-hybridized carbons (Fsp3) is 0.333. The molecule has 0 aliphatic rings. The summed E-state index contributed by atoms with van der Waals surface area (Å²) in [6.07, 6.45) is 3.38. The smallest absolute Gasteiger partial charge is 0.169 e. The summed E-state index contributed by atoms with van der Waals surface area (Å²) in [5.41, 5.74) is 0.825. The van der Waals surface area contributed by atoms with Crippen molar-refractivity contribution in [3.05, 3.63) is 36.4 Å². The molecule has 0 saturated carbocycles. The van der Waals surface area contributed by atoms with Crippen molar-refractivity contribution in [1.29, 1.82) is 0 Å². The van der Waals surface area contributed by atoms with Gasteiger partial charge in [0.05, 0.1) is 12.6 Å². The number of rotatable bonds is 5. The monoisotopic (exact) mass is 233 g/mol. The third kappa shape index (κ3) is 3.21. The van der Waals surface area contributed by atoms with Crippen LogP contribution >= 0.6 is 0 Å². The average Bonchev–Trinajstić information content (AvgIpc) is 2.80. The number of nitrogens with one attached hydrogen (secondary N) is 1. The molecule has 0 saturated heterocycles. The molecule has 0 aliphatic heterocycles. The highest BCUT2D eigenvalue weighted by Crippen LogP contribution is 2.22. The van der Waals surface area contributed by atoms with Crippen LogP contribution in [0.2, 0.25) is 0 Å². The van der Waals surface area contributed by atoms with Gasteiger partial charge in [-0.3, -0.25) is 0 Å². The molecule has 2 rings (SSSR count). The maximum atomic E-state index is 5.65. The standard InChI is InChI=1S/C12H15N3O2/c1-9(2)17-11-4-3-6-13-12(11)14-8-10-5-7-16-15-10/h3-7,9H,8H2,1-2H3,(H,13,14). The van der Waals surface area contributed by atoms with Gasteiger partial charge in [0, 0.05) is 12.3 Å². The van der Waals surface area contributed by atoms with Gasteiger partial charge in [0.25, 0.3) is 0 Å². The van der Waals surface area contributed by atoms with Crippen molar-refractivity contribution in [1.82, 2.24) is 10.1 Å². The van der Waals surface area contributed by atoms with Crippen LogP contribution in [0.3, 0.4) is 0 Å². The minimum atomic E-state index is 0.117. The molecule has 0 radical (unpaired) electrons. The normalized spacial score (nSPS) is 10.5. The third-order valence-corrected chi connectivity index (χ3v) is 2.06. The summed E-state index contributed by atoms with van der Waals surface area (Å²) in [6, 6.07) is 5.54. The summed E-state index contributed by atoms with van der Waals surface area (Å²) in [7, 11) is 0. The summed E-state index contributed by atoms with van der Waals surface area (Å²) < 4.78 is 10.4. The number of hydrogen-bond donors (Lipinski definition) is 1. The van der Waals surface area contributed by atoms with Crippen molar-refractivity contribution >= 4 is 5.82 Å². The number of hydrogen-bond acceptors (Lipinski definition) is 5. The van der Waals surface area contributed by atoms with Gasteiger partial charge in [-0.05, 0) is 26.0 Å². The molecule has 0 amide bonds. The number of nitrogens with zero attached hydrogens (tertiary/aromatic N) is 2. The highest BCUT2D eigenvalue weighted by Gasteiger charge is 2.06. The second-order valence-electron chi connectivity index (χ2n) is 3.86. The first kappa shape index (κ1) is 11.4. The Balaban J connectivity index is 2.04. The van der Waals surface area contributed by atoms with E-state index in [4.69, 9.17) is 9.26 Å². The molecule has 0 atom stereocenters. The van der Waals surface area contributed by atoms with E-state index in [0.717, 1.165) is 11.4 Å². The van der Waals surface area contributed by atoms with Crippen molar-refractivity contribution in [2.75, 3.05) is 5.32 Å². The molecule has 0 bridgehead atoms. The van der Waals surface area contributed by atoms with Crippen LogP contribution in [-0.4, -0.2) is 16.2 Å². The Morgan fingerprint density at radius 1 is 1.41 bits per heavy atom. The molecule has 1 N–H and O–H groups in total. The number of anilines is 1. The van der Waals surface area contributed by atoms with Crippen molar-refractivity contribution in [3.63, 3.8) is 0 Å². The molecule has 0 spiro atoms. The van der Waals surface area contributed by atoms with Gasteiger partial charge in [0.15, 0.2) is 11.6 Å². The van der Waals surface area contributed by atoms with E-state index in [9.17, 15) is 0 Å². The van der Waals surface area contributed by atoms with Gasteiger partial charge >= 0.3 is 0 Å². The molecular formula is C12H15N3O2. The largest absolute Gasteiger partial charge is 0.487 e. The Bertz CT molecular complexity index is 455. The number of aromatic nitrogens is 2. The predicted octanol–water partition coefficient (Wildman–Crippen LogP) is 2.47. The van der Waals surface area contributed by atoms with Crippen LogP contribution in [0.4, 0.5) is 5.82 Å². The van der Waals surface area contributed by atoms with E-state index >= 15 is 0 Å². The fourth-order valence-corrected chi connectivity index (χ4v) is 1.38. The maximum absolute atomic E-state index is 5.65. The SMILES string of the molecule is CC(C)Oc1cccnc1NCc1ccon1. The van der Waals surface area contributed by atoms with E-state index in [1.54, 1.807) is 18.5 Å². The van der Waals surface area contributed by atoms with E-state index in [1.807, 2.05) is 26.0 Å². The lowest BCUT2D eigenvalue weighted by Crippen LogP contribution is -2.09. The lowest BCUT2D eigenvalue weighted by atomic mass is 10.3. The zero-order valence-electron chi connectivity index (χ0n) is 9.88. The molecular weight excluding hydrogens is 218 g/mol. The number of pyridine rings is 1. The molecule has 0 unspecified atom stereocenters. The van der Waals surface area contributed by atoms with Gasteiger partial charge < -0.3 is 14.6 Å². The first-order chi connectivity index (χ1) is 8.25. The topological polar surface area (TPSA) is 60.2 Å². The van der Waals surface area contributed by atoms with Crippen molar-refractivity contribution < 1.29 is 9.26 Å². The first-order valence-electron chi connectivity index (χ1n) is 5.50.